The first-order valence-corrected chi connectivity index (χ1v) is 6.55. The lowest BCUT2D eigenvalue weighted by Gasteiger charge is -2.13. The lowest BCUT2D eigenvalue weighted by Crippen LogP contribution is -2.03. The molecule has 0 spiro atoms. The first-order chi connectivity index (χ1) is 8.58. The van der Waals surface area contributed by atoms with E-state index in [0.29, 0.717) is 5.56 Å². The van der Waals surface area contributed by atoms with Gasteiger partial charge < -0.3 is 5.11 Å². The van der Waals surface area contributed by atoms with Crippen LogP contribution in [0, 0.1) is 12.7 Å². The summed E-state index contributed by atoms with van der Waals surface area (Å²) in [5.74, 6) is -0.273. The predicted molar refractivity (Wildman–Crippen MR) is 73.9 cm³/mol. The Hall–Kier alpha value is -1.19. The van der Waals surface area contributed by atoms with E-state index in [1.165, 1.54) is 6.07 Å². The molecule has 0 aliphatic rings. The van der Waals surface area contributed by atoms with Gasteiger partial charge in [0.25, 0.3) is 0 Å². The van der Waals surface area contributed by atoms with Crippen LogP contribution in [-0.4, -0.2) is 5.11 Å². The Morgan fingerprint density at radius 1 is 1.22 bits per heavy atom. The minimum Gasteiger partial charge on any atom is -0.388 e. The van der Waals surface area contributed by atoms with Crippen LogP contribution in [0.5, 0.6) is 0 Å². The number of hydrogen-bond acceptors (Lipinski definition) is 1. The van der Waals surface area contributed by atoms with Crippen LogP contribution in [0.25, 0.3) is 0 Å². The van der Waals surface area contributed by atoms with Crippen molar-refractivity contribution in [2.24, 2.45) is 0 Å². The Morgan fingerprint density at radius 3 is 2.61 bits per heavy atom. The highest BCUT2D eigenvalue weighted by Gasteiger charge is 2.12. The fraction of sp³-hybridized carbons (Fsp3) is 0.200. The van der Waals surface area contributed by atoms with Crippen molar-refractivity contribution in [2.45, 2.75) is 19.4 Å². The SMILES string of the molecule is Cc1cc(C(O)Cc2ccccc2F)ccc1Br. The van der Waals surface area contributed by atoms with Crippen LogP contribution in [0.15, 0.2) is 46.9 Å². The van der Waals surface area contributed by atoms with Crippen molar-refractivity contribution in [3.8, 4) is 0 Å². The molecule has 3 heteroatoms. The molecule has 0 aromatic heterocycles. The number of hydrogen-bond donors (Lipinski definition) is 1. The number of rotatable bonds is 3. The molecule has 0 aliphatic carbocycles. The van der Waals surface area contributed by atoms with Crippen LogP contribution in [0.2, 0.25) is 0 Å². The third-order valence-corrected chi connectivity index (χ3v) is 3.83. The molecule has 1 atom stereocenters. The molecule has 1 unspecified atom stereocenters. The fourth-order valence-corrected chi connectivity index (χ4v) is 2.11. The zero-order valence-electron chi connectivity index (χ0n) is 10.0. The highest BCUT2D eigenvalue weighted by Crippen LogP contribution is 2.24. The Kier molecular flexibility index (Phi) is 4.15. The second-order valence-corrected chi connectivity index (χ2v) is 5.17. The van der Waals surface area contributed by atoms with E-state index in [2.05, 4.69) is 15.9 Å². The maximum atomic E-state index is 13.5. The van der Waals surface area contributed by atoms with E-state index in [9.17, 15) is 9.50 Å². The summed E-state index contributed by atoms with van der Waals surface area (Å²) in [6.45, 7) is 1.96. The van der Waals surface area contributed by atoms with E-state index in [1.807, 2.05) is 25.1 Å². The predicted octanol–water partition coefficient (Wildman–Crippen LogP) is 4.17. The van der Waals surface area contributed by atoms with Gasteiger partial charge in [0.1, 0.15) is 5.82 Å². The van der Waals surface area contributed by atoms with Gasteiger partial charge in [-0.3, -0.25) is 0 Å². The first-order valence-electron chi connectivity index (χ1n) is 5.75. The smallest absolute Gasteiger partial charge is 0.126 e. The molecule has 2 aromatic carbocycles. The topological polar surface area (TPSA) is 20.2 Å². The highest BCUT2D eigenvalue weighted by atomic mass is 79.9. The van der Waals surface area contributed by atoms with Crippen molar-refractivity contribution in [2.75, 3.05) is 0 Å². The number of aliphatic hydroxyl groups excluding tert-OH is 1. The van der Waals surface area contributed by atoms with Crippen LogP contribution < -0.4 is 0 Å². The fourth-order valence-electron chi connectivity index (χ4n) is 1.87. The van der Waals surface area contributed by atoms with E-state index in [1.54, 1.807) is 18.2 Å². The van der Waals surface area contributed by atoms with Crippen LogP contribution in [0.3, 0.4) is 0 Å². The molecule has 0 radical (unpaired) electrons. The van der Waals surface area contributed by atoms with E-state index in [4.69, 9.17) is 0 Å². The van der Waals surface area contributed by atoms with Gasteiger partial charge in [0.05, 0.1) is 6.10 Å². The number of benzene rings is 2. The summed E-state index contributed by atoms with van der Waals surface area (Å²) in [7, 11) is 0. The van der Waals surface area contributed by atoms with Gasteiger partial charge in [0.15, 0.2) is 0 Å². The average molecular weight is 309 g/mol. The van der Waals surface area contributed by atoms with Crippen LogP contribution >= 0.6 is 15.9 Å². The molecule has 18 heavy (non-hydrogen) atoms. The molecule has 0 saturated carbocycles. The lowest BCUT2D eigenvalue weighted by atomic mass is 10.00. The maximum absolute atomic E-state index is 13.5. The standard InChI is InChI=1S/C15H14BrFO/c1-10-8-12(6-7-13(10)16)15(18)9-11-4-2-3-5-14(11)17/h2-8,15,18H,9H2,1H3. The van der Waals surface area contributed by atoms with Crippen LogP contribution in [0.1, 0.15) is 22.8 Å². The molecule has 2 aromatic rings. The quantitative estimate of drug-likeness (QED) is 0.902. The van der Waals surface area contributed by atoms with Crippen molar-refractivity contribution in [1.82, 2.24) is 0 Å². The van der Waals surface area contributed by atoms with E-state index < -0.39 is 6.10 Å². The molecule has 0 amide bonds. The first kappa shape index (κ1) is 13.2. The molecular formula is C15H14BrFO. The number of halogens is 2. The largest absolute Gasteiger partial charge is 0.388 e. The monoisotopic (exact) mass is 308 g/mol. The summed E-state index contributed by atoms with van der Waals surface area (Å²) in [6, 6.07) is 12.2. The van der Waals surface area contributed by atoms with Gasteiger partial charge in [-0.2, -0.15) is 0 Å². The van der Waals surface area contributed by atoms with Gasteiger partial charge >= 0.3 is 0 Å². The van der Waals surface area contributed by atoms with Gasteiger partial charge in [0, 0.05) is 10.9 Å². The van der Waals surface area contributed by atoms with Crippen molar-refractivity contribution in [1.29, 1.82) is 0 Å². The van der Waals surface area contributed by atoms with Gasteiger partial charge in [0.2, 0.25) is 0 Å². The minimum absolute atomic E-state index is 0.273. The van der Waals surface area contributed by atoms with Gasteiger partial charge in [-0.05, 0) is 35.7 Å². The van der Waals surface area contributed by atoms with Crippen LogP contribution in [-0.2, 0) is 6.42 Å². The second-order valence-electron chi connectivity index (χ2n) is 4.32. The second kappa shape index (κ2) is 5.63. The molecule has 0 bridgehead atoms. The van der Waals surface area contributed by atoms with Crippen LogP contribution in [0.4, 0.5) is 4.39 Å². The lowest BCUT2D eigenvalue weighted by molar-refractivity contribution is 0.177. The Morgan fingerprint density at radius 2 is 1.94 bits per heavy atom. The van der Waals surface area contributed by atoms with Crippen molar-refractivity contribution in [3.05, 3.63) is 69.4 Å². The third kappa shape index (κ3) is 2.98. The molecule has 0 aliphatic heterocycles. The van der Waals surface area contributed by atoms with Gasteiger partial charge in [-0.25, -0.2) is 4.39 Å². The third-order valence-electron chi connectivity index (χ3n) is 2.94. The Balaban J connectivity index is 2.19. The summed E-state index contributed by atoms with van der Waals surface area (Å²) in [5.41, 5.74) is 2.39. The number of aryl methyl sites for hydroxylation is 1. The molecule has 0 saturated heterocycles. The summed E-state index contributed by atoms with van der Waals surface area (Å²) in [6.07, 6.45) is -0.401. The zero-order valence-corrected chi connectivity index (χ0v) is 11.6. The molecule has 2 rings (SSSR count). The van der Waals surface area contributed by atoms with Crippen molar-refractivity contribution < 1.29 is 9.50 Å². The number of aliphatic hydroxyl groups is 1. The molecule has 94 valence electrons. The Bertz CT molecular complexity index is 554. The molecule has 0 fully saturated rings. The summed E-state index contributed by atoms with van der Waals surface area (Å²) in [5, 5.41) is 10.1. The zero-order chi connectivity index (χ0) is 13.1. The van der Waals surface area contributed by atoms with E-state index >= 15 is 0 Å². The van der Waals surface area contributed by atoms with Gasteiger partial charge in [-0.1, -0.05) is 46.3 Å². The van der Waals surface area contributed by atoms with Gasteiger partial charge in [-0.15, -0.1) is 0 Å². The molecule has 1 N–H and O–H groups in total. The average Bonchev–Trinajstić information content (AvgIpc) is 2.35. The summed E-state index contributed by atoms with van der Waals surface area (Å²) in [4.78, 5) is 0. The molecular weight excluding hydrogens is 295 g/mol. The van der Waals surface area contributed by atoms with Crippen molar-refractivity contribution >= 4 is 15.9 Å². The minimum atomic E-state index is -0.686. The normalized spacial score (nSPS) is 12.4. The highest BCUT2D eigenvalue weighted by molar-refractivity contribution is 9.10. The molecule has 1 nitrogen and oxygen atoms in total. The summed E-state index contributed by atoms with van der Waals surface area (Å²) < 4.78 is 14.5. The Labute approximate surface area is 114 Å². The summed E-state index contributed by atoms with van der Waals surface area (Å²) >= 11 is 3.42. The van der Waals surface area contributed by atoms with Crippen molar-refractivity contribution in [3.63, 3.8) is 0 Å². The molecule has 0 heterocycles. The van der Waals surface area contributed by atoms with E-state index in [0.717, 1.165) is 15.6 Å². The van der Waals surface area contributed by atoms with E-state index in [-0.39, 0.29) is 12.2 Å². The maximum Gasteiger partial charge on any atom is 0.126 e.